The van der Waals surface area contributed by atoms with Crippen LogP contribution in [0.2, 0.25) is 5.02 Å². The van der Waals surface area contributed by atoms with Gasteiger partial charge in [-0.3, -0.25) is 0 Å². The Morgan fingerprint density at radius 1 is 1.38 bits per heavy atom. The molecule has 2 heterocycles. The average molecular weight is 309 g/mol. The quantitative estimate of drug-likeness (QED) is 0.943. The summed E-state index contributed by atoms with van der Waals surface area (Å²) >= 11 is 6.21. The molecule has 21 heavy (non-hydrogen) atoms. The summed E-state index contributed by atoms with van der Waals surface area (Å²) in [6, 6.07) is 3.46. The van der Waals surface area contributed by atoms with Crippen LogP contribution in [0.25, 0.3) is 0 Å². The molecule has 5 nitrogen and oxygen atoms in total. The molecular formula is C15H17ClN2O3. The fourth-order valence-corrected chi connectivity index (χ4v) is 2.71. The summed E-state index contributed by atoms with van der Waals surface area (Å²) in [5, 5.41) is 11.0. The minimum atomic E-state index is -0.847. The number of aliphatic hydroxyl groups excluding tert-OH is 1. The Labute approximate surface area is 128 Å². The number of rotatable bonds is 4. The van der Waals surface area contributed by atoms with Crippen molar-refractivity contribution in [1.82, 2.24) is 9.55 Å². The van der Waals surface area contributed by atoms with E-state index >= 15 is 0 Å². The molecule has 1 atom stereocenters. The van der Waals surface area contributed by atoms with Crippen LogP contribution < -0.4 is 9.47 Å². The van der Waals surface area contributed by atoms with Crippen molar-refractivity contribution in [3.8, 4) is 11.5 Å². The van der Waals surface area contributed by atoms with Crippen molar-refractivity contribution in [2.24, 2.45) is 0 Å². The van der Waals surface area contributed by atoms with Gasteiger partial charge in [0.25, 0.3) is 0 Å². The Bertz CT molecular complexity index is 642. The van der Waals surface area contributed by atoms with Crippen LogP contribution in [0.5, 0.6) is 11.5 Å². The molecule has 0 radical (unpaired) electrons. The molecule has 0 aliphatic carbocycles. The SMILES string of the molecule is CCCn1ccnc1C(O)c1cc(Cl)c2c(c1)OCCO2. The second-order valence-corrected chi connectivity index (χ2v) is 5.32. The van der Waals surface area contributed by atoms with Gasteiger partial charge in [0.1, 0.15) is 25.1 Å². The van der Waals surface area contributed by atoms with E-state index in [0.717, 1.165) is 13.0 Å². The normalized spacial score (nSPS) is 15.0. The first-order chi connectivity index (χ1) is 10.2. The number of benzene rings is 1. The lowest BCUT2D eigenvalue weighted by Gasteiger charge is -2.21. The Morgan fingerprint density at radius 2 is 2.19 bits per heavy atom. The fraction of sp³-hybridized carbons (Fsp3) is 0.400. The predicted octanol–water partition coefficient (Wildman–Crippen LogP) is 2.80. The highest BCUT2D eigenvalue weighted by Gasteiger charge is 2.22. The van der Waals surface area contributed by atoms with Gasteiger partial charge in [-0.1, -0.05) is 18.5 Å². The van der Waals surface area contributed by atoms with E-state index in [0.29, 0.717) is 41.1 Å². The summed E-state index contributed by atoms with van der Waals surface area (Å²) in [4.78, 5) is 4.25. The van der Waals surface area contributed by atoms with E-state index in [1.165, 1.54) is 0 Å². The largest absolute Gasteiger partial charge is 0.486 e. The predicted molar refractivity (Wildman–Crippen MR) is 79.0 cm³/mol. The third kappa shape index (κ3) is 2.71. The molecule has 6 heteroatoms. The number of fused-ring (bicyclic) bond motifs is 1. The van der Waals surface area contributed by atoms with E-state index < -0.39 is 6.10 Å². The summed E-state index contributed by atoms with van der Waals surface area (Å²) in [6.07, 6.45) is 3.67. The van der Waals surface area contributed by atoms with Gasteiger partial charge in [-0.2, -0.15) is 0 Å². The number of aromatic nitrogens is 2. The molecule has 0 saturated carbocycles. The second-order valence-electron chi connectivity index (χ2n) is 4.91. The molecule has 1 aromatic heterocycles. The van der Waals surface area contributed by atoms with Crippen molar-refractivity contribution >= 4 is 11.6 Å². The van der Waals surface area contributed by atoms with Gasteiger partial charge in [0.15, 0.2) is 11.5 Å². The zero-order chi connectivity index (χ0) is 14.8. The average Bonchev–Trinajstić information content (AvgIpc) is 2.95. The third-order valence-electron chi connectivity index (χ3n) is 3.39. The molecule has 1 aliphatic rings. The molecular weight excluding hydrogens is 292 g/mol. The van der Waals surface area contributed by atoms with Gasteiger partial charge in [0, 0.05) is 18.9 Å². The Kier molecular flexibility index (Phi) is 4.03. The van der Waals surface area contributed by atoms with Crippen molar-refractivity contribution in [1.29, 1.82) is 0 Å². The van der Waals surface area contributed by atoms with Crippen LogP contribution in [0.4, 0.5) is 0 Å². The van der Waals surface area contributed by atoms with Crippen LogP contribution in [-0.4, -0.2) is 27.9 Å². The van der Waals surface area contributed by atoms with Gasteiger partial charge in [-0.25, -0.2) is 4.98 Å². The van der Waals surface area contributed by atoms with Crippen LogP contribution in [-0.2, 0) is 6.54 Å². The van der Waals surface area contributed by atoms with Gasteiger partial charge in [0.05, 0.1) is 5.02 Å². The van der Waals surface area contributed by atoms with Crippen LogP contribution >= 0.6 is 11.6 Å². The van der Waals surface area contributed by atoms with E-state index in [-0.39, 0.29) is 0 Å². The van der Waals surface area contributed by atoms with Crippen molar-refractivity contribution < 1.29 is 14.6 Å². The lowest BCUT2D eigenvalue weighted by Crippen LogP contribution is -2.16. The molecule has 2 aromatic rings. The first-order valence-electron chi connectivity index (χ1n) is 6.99. The van der Waals surface area contributed by atoms with Gasteiger partial charge in [-0.15, -0.1) is 0 Å². The monoisotopic (exact) mass is 308 g/mol. The maximum Gasteiger partial charge on any atom is 0.179 e. The van der Waals surface area contributed by atoms with E-state index in [2.05, 4.69) is 11.9 Å². The number of hydrogen-bond acceptors (Lipinski definition) is 4. The molecule has 0 saturated heterocycles. The van der Waals surface area contributed by atoms with Crippen LogP contribution in [0, 0.1) is 0 Å². The highest BCUT2D eigenvalue weighted by atomic mass is 35.5. The number of halogens is 1. The van der Waals surface area contributed by atoms with Crippen LogP contribution in [0.15, 0.2) is 24.5 Å². The number of aryl methyl sites for hydroxylation is 1. The highest BCUT2D eigenvalue weighted by Crippen LogP contribution is 2.40. The zero-order valence-corrected chi connectivity index (χ0v) is 12.5. The van der Waals surface area contributed by atoms with Crippen molar-refractivity contribution in [2.45, 2.75) is 26.0 Å². The summed E-state index contributed by atoms with van der Waals surface area (Å²) < 4.78 is 13.0. The maximum atomic E-state index is 10.6. The summed E-state index contributed by atoms with van der Waals surface area (Å²) in [6.45, 7) is 3.85. The van der Waals surface area contributed by atoms with Gasteiger partial charge in [0.2, 0.25) is 0 Å². The third-order valence-corrected chi connectivity index (χ3v) is 3.67. The summed E-state index contributed by atoms with van der Waals surface area (Å²) in [7, 11) is 0. The number of ether oxygens (including phenoxy) is 2. The lowest BCUT2D eigenvalue weighted by molar-refractivity contribution is 0.169. The molecule has 1 N–H and O–H groups in total. The number of imidazole rings is 1. The van der Waals surface area contributed by atoms with E-state index in [4.69, 9.17) is 21.1 Å². The Balaban J connectivity index is 1.96. The fourth-order valence-electron chi connectivity index (χ4n) is 2.44. The maximum absolute atomic E-state index is 10.6. The summed E-state index contributed by atoms with van der Waals surface area (Å²) in [5.74, 6) is 1.71. The molecule has 0 fully saturated rings. The van der Waals surface area contributed by atoms with Gasteiger partial charge >= 0.3 is 0 Å². The van der Waals surface area contributed by atoms with Crippen molar-refractivity contribution in [3.63, 3.8) is 0 Å². The first kappa shape index (κ1) is 14.2. The highest BCUT2D eigenvalue weighted by molar-refractivity contribution is 6.32. The zero-order valence-electron chi connectivity index (χ0n) is 11.8. The minimum absolute atomic E-state index is 0.440. The van der Waals surface area contributed by atoms with Crippen molar-refractivity contribution in [3.05, 3.63) is 40.9 Å². The smallest absolute Gasteiger partial charge is 0.179 e. The molecule has 0 amide bonds. The van der Waals surface area contributed by atoms with E-state index in [1.54, 1.807) is 18.3 Å². The number of aliphatic hydroxyl groups is 1. The standard InChI is InChI=1S/C15H17ClN2O3/c1-2-4-18-5-3-17-15(18)13(19)10-8-11(16)14-12(9-10)20-6-7-21-14/h3,5,8-9,13,19H,2,4,6-7H2,1H3. The number of hydrogen-bond donors (Lipinski definition) is 1. The molecule has 0 bridgehead atoms. The van der Waals surface area contributed by atoms with Crippen LogP contribution in [0.1, 0.15) is 30.8 Å². The minimum Gasteiger partial charge on any atom is -0.486 e. The lowest BCUT2D eigenvalue weighted by atomic mass is 10.1. The molecule has 112 valence electrons. The molecule has 1 aromatic carbocycles. The first-order valence-corrected chi connectivity index (χ1v) is 7.36. The Hall–Kier alpha value is -1.72. The molecule has 1 aliphatic heterocycles. The van der Waals surface area contributed by atoms with Crippen LogP contribution in [0.3, 0.4) is 0 Å². The van der Waals surface area contributed by atoms with Gasteiger partial charge in [-0.05, 0) is 24.1 Å². The molecule has 0 spiro atoms. The van der Waals surface area contributed by atoms with Gasteiger partial charge < -0.3 is 19.1 Å². The van der Waals surface area contributed by atoms with E-state index in [1.807, 2.05) is 10.8 Å². The topological polar surface area (TPSA) is 56.5 Å². The van der Waals surface area contributed by atoms with E-state index in [9.17, 15) is 5.11 Å². The Morgan fingerprint density at radius 3 is 3.00 bits per heavy atom. The summed E-state index contributed by atoms with van der Waals surface area (Å²) in [5.41, 5.74) is 0.646. The van der Waals surface area contributed by atoms with Crippen molar-refractivity contribution in [2.75, 3.05) is 13.2 Å². The number of nitrogens with zero attached hydrogens (tertiary/aromatic N) is 2. The molecule has 1 unspecified atom stereocenters. The molecule has 3 rings (SSSR count). The second kappa shape index (κ2) is 5.95.